The molecule has 2 saturated carbocycles. The molecule has 0 bridgehead atoms. The Balaban J connectivity index is 1.42. The molecular weight excluding hydrogens is 352 g/mol. The molecular formula is C28H44O. The summed E-state index contributed by atoms with van der Waals surface area (Å²) in [5.41, 5.74) is 2.73. The molecule has 0 amide bonds. The van der Waals surface area contributed by atoms with Crippen LogP contribution in [0.1, 0.15) is 121 Å². The van der Waals surface area contributed by atoms with Crippen LogP contribution in [0.4, 0.5) is 0 Å². The number of carbonyl (C=O) groups is 1. The fourth-order valence-electron chi connectivity index (χ4n) is 5.90. The molecule has 2 aliphatic rings. The Hall–Kier alpha value is -1.11. The Kier molecular flexibility index (Phi) is 9.28. The fraction of sp³-hybridized carbons (Fsp3) is 0.750. The minimum Gasteiger partial charge on any atom is -0.299 e. The summed E-state index contributed by atoms with van der Waals surface area (Å²) in [5.74, 6) is 3.41. The van der Waals surface area contributed by atoms with Crippen molar-refractivity contribution in [3.63, 3.8) is 0 Å². The van der Waals surface area contributed by atoms with Gasteiger partial charge in [-0.25, -0.2) is 0 Å². The Bertz CT molecular complexity index is 585. The van der Waals surface area contributed by atoms with E-state index in [4.69, 9.17) is 0 Å². The number of ketones is 1. The first-order chi connectivity index (χ1) is 14.2. The molecule has 162 valence electrons. The summed E-state index contributed by atoms with van der Waals surface area (Å²) < 4.78 is 0. The van der Waals surface area contributed by atoms with Gasteiger partial charge in [0.15, 0.2) is 0 Å². The van der Waals surface area contributed by atoms with Crippen LogP contribution < -0.4 is 0 Å². The minimum atomic E-state index is 0.325. The van der Waals surface area contributed by atoms with E-state index in [1.807, 2.05) is 0 Å². The molecule has 0 unspecified atom stereocenters. The van der Waals surface area contributed by atoms with Crippen LogP contribution in [0.15, 0.2) is 24.3 Å². The molecule has 0 radical (unpaired) electrons. The molecule has 0 aromatic heterocycles. The van der Waals surface area contributed by atoms with E-state index < -0.39 is 0 Å². The SMILES string of the molecule is CCCCC[C@H]1CC[C@H](c2ccc(CC(=O)[C@H]3CC[C@H](CCC)CC3)cc2)CC1. The van der Waals surface area contributed by atoms with Crippen molar-refractivity contribution in [1.82, 2.24) is 0 Å². The van der Waals surface area contributed by atoms with Gasteiger partial charge in [0.2, 0.25) is 0 Å². The van der Waals surface area contributed by atoms with Gasteiger partial charge in [-0.1, -0.05) is 76.6 Å². The maximum atomic E-state index is 12.8. The zero-order chi connectivity index (χ0) is 20.5. The van der Waals surface area contributed by atoms with Gasteiger partial charge in [0.25, 0.3) is 0 Å². The zero-order valence-corrected chi connectivity index (χ0v) is 19.1. The Morgan fingerprint density at radius 2 is 1.38 bits per heavy atom. The average Bonchev–Trinajstić information content (AvgIpc) is 2.76. The summed E-state index contributed by atoms with van der Waals surface area (Å²) in [6, 6.07) is 9.12. The smallest absolute Gasteiger partial charge is 0.140 e. The molecule has 1 aromatic rings. The molecule has 0 saturated heterocycles. The summed E-state index contributed by atoms with van der Waals surface area (Å²) in [7, 11) is 0. The first kappa shape index (κ1) is 22.6. The van der Waals surface area contributed by atoms with Crippen molar-refractivity contribution in [3.8, 4) is 0 Å². The number of hydrogen-bond donors (Lipinski definition) is 0. The van der Waals surface area contributed by atoms with Crippen LogP contribution >= 0.6 is 0 Å². The minimum absolute atomic E-state index is 0.325. The molecule has 2 fully saturated rings. The zero-order valence-electron chi connectivity index (χ0n) is 19.1. The maximum Gasteiger partial charge on any atom is 0.140 e. The van der Waals surface area contributed by atoms with E-state index >= 15 is 0 Å². The van der Waals surface area contributed by atoms with E-state index in [0.29, 0.717) is 18.1 Å². The van der Waals surface area contributed by atoms with Gasteiger partial charge in [0.1, 0.15) is 5.78 Å². The molecule has 0 heterocycles. The van der Waals surface area contributed by atoms with Crippen LogP contribution in [0.25, 0.3) is 0 Å². The lowest BCUT2D eigenvalue weighted by Gasteiger charge is -2.29. The van der Waals surface area contributed by atoms with Crippen molar-refractivity contribution in [2.45, 2.75) is 116 Å². The molecule has 29 heavy (non-hydrogen) atoms. The number of unbranched alkanes of at least 4 members (excludes halogenated alkanes) is 2. The van der Waals surface area contributed by atoms with Crippen LogP contribution in [0, 0.1) is 17.8 Å². The third kappa shape index (κ3) is 6.97. The van der Waals surface area contributed by atoms with Crippen LogP contribution in [-0.2, 0) is 11.2 Å². The number of Topliss-reactive ketones (excluding diaryl/α,β-unsaturated/α-hetero) is 1. The van der Waals surface area contributed by atoms with Gasteiger partial charge in [-0.15, -0.1) is 0 Å². The summed E-state index contributed by atoms with van der Waals surface area (Å²) in [6.45, 7) is 4.58. The predicted octanol–water partition coefficient (Wildman–Crippen LogP) is 8.26. The van der Waals surface area contributed by atoms with E-state index in [2.05, 4.69) is 38.1 Å². The van der Waals surface area contributed by atoms with Crippen molar-refractivity contribution in [1.29, 1.82) is 0 Å². The molecule has 1 nitrogen and oxygen atoms in total. The maximum absolute atomic E-state index is 12.8. The van der Waals surface area contributed by atoms with E-state index in [1.165, 1.54) is 88.2 Å². The first-order valence-electron chi connectivity index (χ1n) is 12.8. The van der Waals surface area contributed by atoms with Gasteiger partial charge in [0, 0.05) is 12.3 Å². The normalized spacial score (nSPS) is 27.7. The molecule has 0 aliphatic heterocycles. The molecule has 0 N–H and O–H groups in total. The quantitative estimate of drug-likeness (QED) is 0.364. The number of hydrogen-bond acceptors (Lipinski definition) is 1. The lowest BCUT2D eigenvalue weighted by Crippen LogP contribution is -2.23. The highest BCUT2D eigenvalue weighted by Gasteiger charge is 2.26. The highest BCUT2D eigenvalue weighted by atomic mass is 16.1. The second-order valence-electron chi connectivity index (χ2n) is 10.1. The van der Waals surface area contributed by atoms with Crippen molar-refractivity contribution in [2.75, 3.05) is 0 Å². The molecule has 3 rings (SSSR count). The molecule has 2 aliphatic carbocycles. The molecule has 1 aromatic carbocycles. The number of carbonyl (C=O) groups excluding carboxylic acids is 1. The highest BCUT2D eigenvalue weighted by molar-refractivity contribution is 5.83. The highest BCUT2D eigenvalue weighted by Crippen LogP contribution is 2.38. The number of benzene rings is 1. The largest absolute Gasteiger partial charge is 0.299 e. The van der Waals surface area contributed by atoms with E-state index in [-0.39, 0.29) is 0 Å². The van der Waals surface area contributed by atoms with Crippen molar-refractivity contribution in [3.05, 3.63) is 35.4 Å². The van der Waals surface area contributed by atoms with Crippen molar-refractivity contribution >= 4 is 5.78 Å². The van der Waals surface area contributed by atoms with Crippen LogP contribution in [0.5, 0.6) is 0 Å². The van der Waals surface area contributed by atoms with Gasteiger partial charge in [-0.05, 0) is 80.2 Å². The second-order valence-corrected chi connectivity index (χ2v) is 10.1. The van der Waals surface area contributed by atoms with Gasteiger partial charge >= 0.3 is 0 Å². The fourth-order valence-corrected chi connectivity index (χ4v) is 5.90. The predicted molar refractivity (Wildman–Crippen MR) is 124 cm³/mol. The van der Waals surface area contributed by atoms with Gasteiger partial charge < -0.3 is 0 Å². The monoisotopic (exact) mass is 396 g/mol. The average molecular weight is 397 g/mol. The van der Waals surface area contributed by atoms with Crippen LogP contribution in [-0.4, -0.2) is 5.78 Å². The Labute approximate surface area is 180 Å². The van der Waals surface area contributed by atoms with Gasteiger partial charge in [0.05, 0.1) is 0 Å². The first-order valence-corrected chi connectivity index (χ1v) is 12.8. The van der Waals surface area contributed by atoms with E-state index in [0.717, 1.165) is 30.6 Å². The summed E-state index contributed by atoms with van der Waals surface area (Å²) in [5, 5.41) is 0. The Morgan fingerprint density at radius 3 is 2.00 bits per heavy atom. The molecule has 0 atom stereocenters. The molecule has 0 spiro atoms. The third-order valence-corrected chi connectivity index (χ3v) is 7.89. The van der Waals surface area contributed by atoms with Crippen molar-refractivity contribution < 1.29 is 4.79 Å². The third-order valence-electron chi connectivity index (χ3n) is 7.89. The molecule has 1 heteroatoms. The summed E-state index contributed by atoms with van der Waals surface area (Å²) in [6.07, 6.45) is 19.2. The van der Waals surface area contributed by atoms with E-state index in [9.17, 15) is 4.79 Å². The lowest BCUT2D eigenvalue weighted by atomic mass is 9.76. The second kappa shape index (κ2) is 11.9. The number of rotatable bonds is 10. The Morgan fingerprint density at radius 1 is 0.759 bits per heavy atom. The summed E-state index contributed by atoms with van der Waals surface area (Å²) >= 11 is 0. The topological polar surface area (TPSA) is 17.1 Å². The van der Waals surface area contributed by atoms with Gasteiger partial charge in [-0.2, -0.15) is 0 Å². The standard InChI is InChI=1S/C28H44O/c1-3-5-6-8-23-9-15-25(16-10-23)26-17-13-24(14-18-26)21-28(29)27-19-11-22(7-4-2)12-20-27/h13-14,17-18,22-23,25,27H,3-12,15-16,19-21H2,1-2H3/t22-,23-,25-,27-. The van der Waals surface area contributed by atoms with Crippen molar-refractivity contribution in [2.24, 2.45) is 17.8 Å². The van der Waals surface area contributed by atoms with Crippen LogP contribution in [0.3, 0.4) is 0 Å². The lowest BCUT2D eigenvalue weighted by molar-refractivity contribution is -0.123. The van der Waals surface area contributed by atoms with Gasteiger partial charge in [-0.3, -0.25) is 4.79 Å². The summed E-state index contributed by atoms with van der Waals surface area (Å²) in [4.78, 5) is 12.8. The van der Waals surface area contributed by atoms with E-state index in [1.54, 1.807) is 0 Å². The van der Waals surface area contributed by atoms with Crippen LogP contribution in [0.2, 0.25) is 0 Å².